The molecule has 16 heavy (non-hydrogen) atoms. The number of halogens is 1. The van der Waals surface area contributed by atoms with Gasteiger partial charge in [-0.05, 0) is 9.85 Å². The van der Waals surface area contributed by atoms with E-state index in [1.807, 2.05) is 0 Å². The molecular formula is C5HClN4O6. The lowest BCUT2D eigenvalue weighted by Gasteiger charge is -1.98. The van der Waals surface area contributed by atoms with Crippen LogP contribution in [-0.4, -0.2) is 19.8 Å². The third kappa shape index (κ3) is 2.00. The predicted octanol–water partition coefficient (Wildman–Crippen LogP) is 1.46. The van der Waals surface area contributed by atoms with Crippen LogP contribution in [0.25, 0.3) is 0 Å². The molecule has 1 aromatic rings. The Hall–Kier alpha value is -2.36. The van der Waals surface area contributed by atoms with Gasteiger partial charge in [-0.3, -0.25) is 10.1 Å². The third-order valence-electron chi connectivity index (χ3n) is 1.46. The van der Waals surface area contributed by atoms with Gasteiger partial charge in [0.1, 0.15) is 6.07 Å². The molecule has 1 heterocycles. The second-order valence-corrected chi connectivity index (χ2v) is 2.79. The molecule has 0 saturated carbocycles. The molecule has 11 heteroatoms. The molecule has 1 aromatic heterocycles. The summed E-state index contributed by atoms with van der Waals surface area (Å²) in [5, 5.41) is 30.3. The fourth-order valence-electron chi connectivity index (χ4n) is 0.837. The first-order valence-corrected chi connectivity index (χ1v) is 3.86. The van der Waals surface area contributed by atoms with Crippen molar-refractivity contribution < 1.29 is 14.8 Å². The molecule has 0 aliphatic rings. The van der Waals surface area contributed by atoms with Gasteiger partial charge in [-0.1, -0.05) is 11.6 Å². The Bertz CT molecular complexity index is 467. The first kappa shape index (κ1) is 11.7. The summed E-state index contributed by atoms with van der Waals surface area (Å²) in [6.45, 7) is 0. The molecule has 0 fully saturated rings. The molecule has 0 spiro atoms. The lowest BCUT2D eigenvalue weighted by atomic mass is 10.4. The highest BCUT2D eigenvalue weighted by molar-refractivity contribution is 6.34. The molecule has 0 aromatic carbocycles. The van der Waals surface area contributed by atoms with E-state index in [4.69, 9.17) is 11.6 Å². The molecule has 84 valence electrons. The van der Waals surface area contributed by atoms with Gasteiger partial charge in [0.05, 0.1) is 4.92 Å². The maximum Gasteiger partial charge on any atom is 0.394 e. The molecule has 0 saturated heterocycles. The van der Waals surface area contributed by atoms with E-state index in [-0.39, 0.29) is 0 Å². The monoisotopic (exact) mass is 248 g/mol. The van der Waals surface area contributed by atoms with Gasteiger partial charge in [0.25, 0.3) is 0 Å². The van der Waals surface area contributed by atoms with Gasteiger partial charge in [0.2, 0.25) is 5.02 Å². The van der Waals surface area contributed by atoms with Crippen LogP contribution in [0.1, 0.15) is 0 Å². The molecule has 1 rings (SSSR count). The molecular weight excluding hydrogens is 248 g/mol. The number of rotatable bonds is 3. The number of nitrogens with zero attached hydrogens (tertiary/aromatic N) is 4. The molecule has 0 aliphatic heterocycles. The average Bonchev–Trinajstić information content (AvgIpc) is 2.16. The van der Waals surface area contributed by atoms with Crippen LogP contribution in [0, 0.1) is 30.3 Å². The van der Waals surface area contributed by atoms with E-state index < -0.39 is 37.1 Å². The van der Waals surface area contributed by atoms with Crippen LogP contribution >= 0.6 is 11.6 Å². The summed E-state index contributed by atoms with van der Waals surface area (Å²) in [4.78, 5) is 30.8. The number of pyridine rings is 1. The van der Waals surface area contributed by atoms with Gasteiger partial charge in [0.15, 0.2) is 0 Å². The van der Waals surface area contributed by atoms with Gasteiger partial charge in [-0.2, -0.15) is 0 Å². The average molecular weight is 249 g/mol. The van der Waals surface area contributed by atoms with Crippen LogP contribution in [0.4, 0.5) is 17.3 Å². The van der Waals surface area contributed by atoms with Crippen molar-refractivity contribution in [2.45, 2.75) is 0 Å². The summed E-state index contributed by atoms with van der Waals surface area (Å²) < 4.78 is 0. The highest BCUT2D eigenvalue weighted by Crippen LogP contribution is 2.34. The smallest absolute Gasteiger partial charge is 0.358 e. The summed E-state index contributed by atoms with van der Waals surface area (Å²) in [5.41, 5.74) is -0.935. The largest absolute Gasteiger partial charge is 0.394 e. The summed E-state index contributed by atoms with van der Waals surface area (Å²) in [6.07, 6.45) is 0. The first-order valence-electron chi connectivity index (χ1n) is 3.48. The Morgan fingerprint density at radius 3 is 2.00 bits per heavy atom. The highest BCUT2D eigenvalue weighted by Gasteiger charge is 2.30. The minimum absolute atomic E-state index is 0.454. The Morgan fingerprint density at radius 2 is 1.62 bits per heavy atom. The summed E-state index contributed by atoms with van der Waals surface area (Å²) in [6, 6.07) is 0.454. The van der Waals surface area contributed by atoms with Crippen molar-refractivity contribution in [1.29, 1.82) is 0 Å². The van der Waals surface area contributed by atoms with Crippen LogP contribution in [0.5, 0.6) is 0 Å². The molecule has 0 amide bonds. The topological polar surface area (TPSA) is 142 Å². The minimum Gasteiger partial charge on any atom is -0.358 e. The number of nitro groups is 3. The molecule has 0 radical (unpaired) electrons. The van der Waals surface area contributed by atoms with Crippen molar-refractivity contribution in [2.24, 2.45) is 0 Å². The van der Waals surface area contributed by atoms with Crippen LogP contribution in [0.3, 0.4) is 0 Å². The second-order valence-electron chi connectivity index (χ2n) is 2.41. The maximum atomic E-state index is 10.4. The quantitative estimate of drug-likeness (QED) is 0.581. The van der Waals surface area contributed by atoms with Crippen LogP contribution in [0.2, 0.25) is 5.02 Å². The number of aromatic nitrogens is 1. The molecule has 0 N–H and O–H groups in total. The fraction of sp³-hybridized carbons (Fsp3) is 0. The van der Waals surface area contributed by atoms with E-state index in [9.17, 15) is 30.3 Å². The van der Waals surface area contributed by atoms with E-state index in [0.717, 1.165) is 0 Å². The summed E-state index contributed by atoms with van der Waals surface area (Å²) >= 11 is 5.31. The Labute approximate surface area is 90.9 Å². The zero-order chi connectivity index (χ0) is 12.5. The molecule has 0 bridgehead atoms. The predicted molar refractivity (Wildman–Crippen MR) is 49.2 cm³/mol. The Kier molecular flexibility index (Phi) is 2.94. The van der Waals surface area contributed by atoms with Gasteiger partial charge in [-0.25, -0.2) is 0 Å². The lowest BCUT2D eigenvalue weighted by Crippen LogP contribution is -2.01. The SMILES string of the molecule is O=[N+]([O-])c1cc([N+](=O)[O-])c(Cl)c([N+](=O)[O-])n1. The molecule has 0 aliphatic carbocycles. The van der Waals surface area contributed by atoms with E-state index in [0.29, 0.717) is 6.07 Å². The van der Waals surface area contributed by atoms with Crippen LogP contribution < -0.4 is 0 Å². The first-order chi connectivity index (χ1) is 7.34. The van der Waals surface area contributed by atoms with Gasteiger partial charge >= 0.3 is 17.3 Å². The van der Waals surface area contributed by atoms with Crippen molar-refractivity contribution in [3.63, 3.8) is 0 Å². The van der Waals surface area contributed by atoms with Crippen LogP contribution in [-0.2, 0) is 0 Å². The van der Waals surface area contributed by atoms with Crippen molar-refractivity contribution in [2.75, 3.05) is 0 Å². The molecule has 10 nitrogen and oxygen atoms in total. The highest BCUT2D eigenvalue weighted by atomic mass is 35.5. The van der Waals surface area contributed by atoms with E-state index in [2.05, 4.69) is 4.98 Å². The molecule has 0 atom stereocenters. The van der Waals surface area contributed by atoms with Crippen molar-refractivity contribution in [3.05, 3.63) is 41.4 Å². The molecule has 0 unspecified atom stereocenters. The standard InChI is InChI=1S/C5HClN4O6/c6-4-2(8(11)12)1-3(9(13)14)7-5(4)10(15)16/h1H. The maximum absolute atomic E-state index is 10.4. The number of hydrogen-bond donors (Lipinski definition) is 0. The van der Waals surface area contributed by atoms with Crippen LogP contribution in [0.15, 0.2) is 6.07 Å². The zero-order valence-electron chi connectivity index (χ0n) is 7.19. The van der Waals surface area contributed by atoms with Crippen molar-refractivity contribution in [1.82, 2.24) is 4.98 Å². The zero-order valence-corrected chi connectivity index (χ0v) is 7.95. The van der Waals surface area contributed by atoms with Gasteiger partial charge in [-0.15, -0.1) is 0 Å². The Morgan fingerprint density at radius 1 is 1.06 bits per heavy atom. The van der Waals surface area contributed by atoms with Crippen molar-refractivity contribution in [3.8, 4) is 0 Å². The van der Waals surface area contributed by atoms with Gasteiger partial charge < -0.3 is 20.2 Å². The van der Waals surface area contributed by atoms with E-state index in [1.165, 1.54) is 0 Å². The van der Waals surface area contributed by atoms with Gasteiger partial charge in [0, 0.05) is 4.98 Å². The fourth-order valence-corrected chi connectivity index (χ4v) is 1.07. The third-order valence-corrected chi connectivity index (χ3v) is 1.83. The summed E-state index contributed by atoms with van der Waals surface area (Å²) in [5.74, 6) is -2.13. The van der Waals surface area contributed by atoms with E-state index in [1.54, 1.807) is 0 Å². The van der Waals surface area contributed by atoms with E-state index >= 15 is 0 Å². The Balaban J connectivity index is 3.57. The summed E-state index contributed by atoms with van der Waals surface area (Å²) in [7, 11) is 0. The van der Waals surface area contributed by atoms with Crippen molar-refractivity contribution >= 4 is 28.9 Å². The number of hydrogen-bond acceptors (Lipinski definition) is 7. The second kappa shape index (κ2) is 4.02. The lowest BCUT2D eigenvalue weighted by molar-refractivity contribution is -0.409. The minimum atomic E-state index is -1.14. The normalized spacial score (nSPS) is 9.81.